The number of aromatic nitrogens is 2. The molecule has 0 aliphatic heterocycles. The molecule has 2 rings (SSSR count). The normalized spacial score (nSPS) is 13.5. The molecule has 2 aromatic rings. The van der Waals surface area contributed by atoms with Crippen LogP contribution in [0.5, 0.6) is 0 Å². The Labute approximate surface area is 81.2 Å². The van der Waals surface area contributed by atoms with Gasteiger partial charge in [0.05, 0.1) is 17.1 Å². The molecule has 0 amide bonds. The number of hydrogen-bond donors (Lipinski definition) is 3. The number of benzene rings is 1. The summed E-state index contributed by atoms with van der Waals surface area (Å²) in [5.41, 5.74) is 2.55. The quantitative estimate of drug-likeness (QED) is 0.607. The number of nitrogens with zero attached hydrogens (tertiary/aromatic N) is 1. The van der Waals surface area contributed by atoms with Gasteiger partial charge < -0.3 is 10.1 Å². The fourth-order valence-electron chi connectivity index (χ4n) is 1.39. The Kier molecular flexibility index (Phi) is 2.01. The molecule has 0 saturated heterocycles. The lowest BCUT2D eigenvalue weighted by molar-refractivity contribution is 0.200. The minimum absolute atomic E-state index is 0.489. The molecule has 2 N–H and O–H groups in total. The summed E-state index contributed by atoms with van der Waals surface area (Å²) in [5, 5.41) is 10.0. The van der Waals surface area contributed by atoms with Crippen molar-refractivity contribution in [3.05, 3.63) is 23.8 Å². The highest BCUT2D eigenvalue weighted by Gasteiger charge is 2.08. The molecule has 0 aliphatic rings. The second-order valence-electron chi connectivity index (χ2n) is 2.98. The van der Waals surface area contributed by atoms with Gasteiger partial charge in [0.15, 0.2) is 5.16 Å². The van der Waals surface area contributed by atoms with Crippen LogP contribution in [0, 0.1) is 0 Å². The predicted molar refractivity (Wildman–Crippen MR) is 54.0 cm³/mol. The zero-order valence-electron chi connectivity index (χ0n) is 7.15. The number of imidazole rings is 1. The number of H-pyrrole nitrogens is 1. The Morgan fingerprint density at radius 3 is 3.00 bits per heavy atom. The van der Waals surface area contributed by atoms with Gasteiger partial charge in [0.1, 0.15) is 0 Å². The summed E-state index contributed by atoms with van der Waals surface area (Å²) < 4.78 is 0. The lowest BCUT2D eigenvalue weighted by atomic mass is 10.1. The second-order valence-corrected chi connectivity index (χ2v) is 3.40. The Balaban J connectivity index is 2.75. The van der Waals surface area contributed by atoms with Gasteiger partial charge in [0, 0.05) is 5.56 Å². The number of aliphatic hydroxyl groups is 1. The summed E-state index contributed by atoms with van der Waals surface area (Å²) in [6.07, 6.45) is -0.489. The van der Waals surface area contributed by atoms with Gasteiger partial charge in [0.25, 0.3) is 0 Å². The monoisotopic (exact) mass is 194 g/mol. The number of aliphatic hydroxyl groups excluding tert-OH is 1. The average Bonchev–Trinajstić information content (AvgIpc) is 2.43. The molecule has 3 nitrogen and oxygen atoms in total. The number of para-hydroxylation sites is 1. The summed E-state index contributed by atoms with van der Waals surface area (Å²) >= 11 is 4.11. The van der Waals surface area contributed by atoms with Gasteiger partial charge in [-0.1, -0.05) is 12.1 Å². The highest BCUT2D eigenvalue weighted by molar-refractivity contribution is 7.80. The van der Waals surface area contributed by atoms with E-state index in [0.717, 1.165) is 16.6 Å². The van der Waals surface area contributed by atoms with E-state index in [1.54, 1.807) is 6.92 Å². The van der Waals surface area contributed by atoms with E-state index in [9.17, 15) is 5.11 Å². The van der Waals surface area contributed by atoms with Crippen LogP contribution in [0.15, 0.2) is 23.4 Å². The number of fused-ring (bicyclic) bond motifs is 1. The Hall–Kier alpha value is -1.00. The van der Waals surface area contributed by atoms with Crippen LogP contribution in [-0.4, -0.2) is 15.1 Å². The molecule has 68 valence electrons. The van der Waals surface area contributed by atoms with Gasteiger partial charge >= 0.3 is 0 Å². The van der Waals surface area contributed by atoms with Crippen LogP contribution in [0.25, 0.3) is 11.0 Å². The number of rotatable bonds is 1. The van der Waals surface area contributed by atoms with Crippen molar-refractivity contribution >= 4 is 23.7 Å². The molecule has 0 fully saturated rings. The zero-order valence-corrected chi connectivity index (χ0v) is 8.05. The van der Waals surface area contributed by atoms with E-state index in [4.69, 9.17) is 0 Å². The molecular weight excluding hydrogens is 184 g/mol. The summed E-state index contributed by atoms with van der Waals surface area (Å²) in [4.78, 5) is 7.16. The predicted octanol–water partition coefficient (Wildman–Crippen LogP) is 1.90. The third-order valence-corrected chi connectivity index (χ3v) is 2.20. The van der Waals surface area contributed by atoms with Crippen molar-refractivity contribution in [1.82, 2.24) is 9.97 Å². The molecule has 1 aromatic heterocycles. The molecule has 1 heterocycles. The molecule has 13 heavy (non-hydrogen) atoms. The smallest absolute Gasteiger partial charge is 0.163 e. The van der Waals surface area contributed by atoms with Crippen LogP contribution in [0.1, 0.15) is 18.6 Å². The first-order chi connectivity index (χ1) is 6.18. The highest BCUT2D eigenvalue weighted by Crippen LogP contribution is 2.22. The highest BCUT2D eigenvalue weighted by atomic mass is 32.1. The van der Waals surface area contributed by atoms with E-state index in [0.29, 0.717) is 5.16 Å². The average molecular weight is 194 g/mol. The maximum absolute atomic E-state index is 9.46. The molecule has 0 bridgehead atoms. The topological polar surface area (TPSA) is 48.9 Å². The molecular formula is C9H10N2OS. The molecule has 1 unspecified atom stereocenters. The number of hydrogen-bond acceptors (Lipinski definition) is 3. The van der Waals surface area contributed by atoms with Crippen LogP contribution < -0.4 is 0 Å². The molecule has 1 atom stereocenters. The second kappa shape index (κ2) is 3.05. The van der Waals surface area contributed by atoms with E-state index >= 15 is 0 Å². The van der Waals surface area contributed by atoms with Gasteiger partial charge in [-0.25, -0.2) is 4.98 Å². The van der Waals surface area contributed by atoms with E-state index in [1.807, 2.05) is 18.2 Å². The maximum atomic E-state index is 9.46. The van der Waals surface area contributed by atoms with Gasteiger partial charge in [-0.2, -0.15) is 0 Å². The van der Waals surface area contributed by atoms with E-state index in [2.05, 4.69) is 22.6 Å². The van der Waals surface area contributed by atoms with E-state index in [-0.39, 0.29) is 0 Å². The number of aromatic amines is 1. The minimum Gasteiger partial charge on any atom is -0.389 e. The standard InChI is InChI=1S/C9H10N2OS/c1-5(12)6-3-2-4-7-8(6)11-9(13)10-7/h2-5,12H,1H3,(H2,10,11,13). The number of thiol groups is 1. The molecule has 4 heteroatoms. The lowest BCUT2D eigenvalue weighted by Crippen LogP contribution is -1.91. The van der Waals surface area contributed by atoms with Crippen LogP contribution in [0.2, 0.25) is 0 Å². The zero-order chi connectivity index (χ0) is 9.42. The Bertz CT molecular complexity index is 436. The van der Waals surface area contributed by atoms with Crippen molar-refractivity contribution in [2.24, 2.45) is 0 Å². The Morgan fingerprint density at radius 1 is 1.54 bits per heavy atom. The van der Waals surface area contributed by atoms with Gasteiger partial charge in [-0.05, 0) is 13.0 Å². The first-order valence-electron chi connectivity index (χ1n) is 4.04. The van der Waals surface area contributed by atoms with E-state index in [1.165, 1.54) is 0 Å². The molecule has 0 spiro atoms. The minimum atomic E-state index is -0.489. The summed E-state index contributed by atoms with van der Waals surface area (Å²) in [7, 11) is 0. The van der Waals surface area contributed by atoms with Gasteiger partial charge in [0.2, 0.25) is 0 Å². The summed E-state index contributed by atoms with van der Waals surface area (Å²) in [6, 6.07) is 5.63. The fourth-order valence-corrected chi connectivity index (χ4v) is 1.61. The van der Waals surface area contributed by atoms with Crippen LogP contribution in [0.3, 0.4) is 0 Å². The Morgan fingerprint density at radius 2 is 2.31 bits per heavy atom. The molecule has 1 aromatic carbocycles. The van der Waals surface area contributed by atoms with Crippen molar-refractivity contribution in [1.29, 1.82) is 0 Å². The van der Waals surface area contributed by atoms with Crippen LogP contribution in [-0.2, 0) is 0 Å². The summed E-state index contributed by atoms with van der Waals surface area (Å²) in [5.74, 6) is 0. The fraction of sp³-hybridized carbons (Fsp3) is 0.222. The van der Waals surface area contributed by atoms with Crippen LogP contribution in [0.4, 0.5) is 0 Å². The van der Waals surface area contributed by atoms with Crippen molar-refractivity contribution in [2.45, 2.75) is 18.2 Å². The van der Waals surface area contributed by atoms with Crippen molar-refractivity contribution < 1.29 is 5.11 Å². The van der Waals surface area contributed by atoms with Crippen molar-refractivity contribution in [3.8, 4) is 0 Å². The van der Waals surface area contributed by atoms with Gasteiger partial charge in [-0.15, -0.1) is 12.6 Å². The molecule has 0 aliphatic carbocycles. The number of nitrogens with one attached hydrogen (secondary N) is 1. The largest absolute Gasteiger partial charge is 0.389 e. The van der Waals surface area contributed by atoms with Crippen molar-refractivity contribution in [3.63, 3.8) is 0 Å². The van der Waals surface area contributed by atoms with Crippen LogP contribution >= 0.6 is 12.6 Å². The van der Waals surface area contributed by atoms with E-state index < -0.39 is 6.10 Å². The maximum Gasteiger partial charge on any atom is 0.163 e. The first kappa shape index (κ1) is 8.59. The third kappa shape index (κ3) is 1.43. The summed E-state index contributed by atoms with van der Waals surface area (Å²) in [6.45, 7) is 1.73. The molecule has 0 saturated carbocycles. The van der Waals surface area contributed by atoms with Crippen molar-refractivity contribution in [2.75, 3.05) is 0 Å². The third-order valence-electron chi connectivity index (χ3n) is 1.99. The molecule has 0 radical (unpaired) electrons. The lowest BCUT2D eigenvalue weighted by Gasteiger charge is -2.04. The SMILES string of the molecule is CC(O)c1cccc2nc(S)[nH]c12. The van der Waals surface area contributed by atoms with Gasteiger partial charge in [-0.3, -0.25) is 0 Å². The first-order valence-corrected chi connectivity index (χ1v) is 4.49.